The van der Waals surface area contributed by atoms with Gasteiger partial charge in [-0.1, -0.05) is 27.2 Å². The van der Waals surface area contributed by atoms with Gasteiger partial charge in [0.05, 0.1) is 0 Å². The third-order valence-electron chi connectivity index (χ3n) is 2.74. The van der Waals surface area contributed by atoms with E-state index in [-0.39, 0.29) is 0 Å². The zero-order chi connectivity index (χ0) is 9.14. The Kier molecular flexibility index (Phi) is 3.30. The average Bonchev–Trinajstić information content (AvgIpc) is 2.69. The summed E-state index contributed by atoms with van der Waals surface area (Å²) >= 11 is 0. The van der Waals surface area contributed by atoms with Gasteiger partial charge in [0.1, 0.15) is 5.78 Å². The van der Waals surface area contributed by atoms with E-state index in [0.29, 0.717) is 11.7 Å². The molecule has 0 radical (unpaired) electrons. The van der Waals surface area contributed by atoms with Gasteiger partial charge in [-0.3, -0.25) is 4.79 Å². The van der Waals surface area contributed by atoms with Crippen molar-refractivity contribution in [2.75, 3.05) is 0 Å². The maximum atomic E-state index is 11.0. The molecule has 0 heterocycles. The van der Waals surface area contributed by atoms with Gasteiger partial charge in [0.2, 0.25) is 0 Å². The number of fused-ring (bicyclic) bond motifs is 1. The predicted molar refractivity (Wildman–Crippen MR) is 51.0 cm³/mol. The molecule has 12 heavy (non-hydrogen) atoms. The van der Waals surface area contributed by atoms with Crippen molar-refractivity contribution in [3.63, 3.8) is 0 Å². The van der Waals surface area contributed by atoms with Crippen LogP contribution in [-0.2, 0) is 4.79 Å². The summed E-state index contributed by atoms with van der Waals surface area (Å²) in [6.07, 6.45) is 4.67. The van der Waals surface area contributed by atoms with E-state index in [1.165, 1.54) is 19.3 Å². The molecule has 70 valence electrons. The molecule has 0 aliphatic heterocycles. The Balaban J connectivity index is 0.000000213. The predicted octanol–water partition coefficient (Wildman–Crippen LogP) is 3.04. The maximum Gasteiger partial charge on any atom is 0.135 e. The van der Waals surface area contributed by atoms with Crippen LogP contribution in [0.1, 0.15) is 46.5 Å². The van der Waals surface area contributed by atoms with Gasteiger partial charge in [-0.05, 0) is 24.7 Å². The van der Waals surface area contributed by atoms with Crippen LogP contribution >= 0.6 is 0 Å². The third-order valence-corrected chi connectivity index (χ3v) is 2.74. The molecule has 0 aromatic rings. The van der Waals surface area contributed by atoms with Crippen LogP contribution in [0.3, 0.4) is 0 Å². The largest absolute Gasteiger partial charge is 0.299 e. The summed E-state index contributed by atoms with van der Waals surface area (Å²) in [5.41, 5.74) is 0. The lowest BCUT2D eigenvalue weighted by atomic mass is 9.90. The van der Waals surface area contributed by atoms with E-state index in [4.69, 9.17) is 0 Å². The lowest BCUT2D eigenvalue weighted by Crippen LogP contribution is -2.17. The summed E-state index contributed by atoms with van der Waals surface area (Å²) in [6, 6.07) is 0. The van der Waals surface area contributed by atoms with Gasteiger partial charge in [0.15, 0.2) is 0 Å². The van der Waals surface area contributed by atoms with Crippen molar-refractivity contribution in [3.05, 3.63) is 0 Å². The van der Waals surface area contributed by atoms with E-state index in [1.807, 2.05) is 0 Å². The normalized spacial score (nSPS) is 37.9. The minimum absolute atomic E-state index is 0.383. The van der Waals surface area contributed by atoms with E-state index in [9.17, 15) is 4.79 Å². The lowest BCUT2D eigenvalue weighted by Gasteiger charge is -2.14. The van der Waals surface area contributed by atoms with Crippen molar-refractivity contribution < 1.29 is 4.79 Å². The van der Waals surface area contributed by atoms with Crippen LogP contribution in [-0.4, -0.2) is 5.78 Å². The number of ketones is 1. The molecule has 0 aromatic heterocycles. The van der Waals surface area contributed by atoms with Crippen LogP contribution in [0.5, 0.6) is 0 Å². The molecular formula is C11H20O. The number of hydrogen-bond acceptors (Lipinski definition) is 1. The first-order valence-corrected chi connectivity index (χ1v) is 5.21. The molecule has 3 atom stereocenters. The van der Waals surface area contributed by atoms with Crippen LogP contribution in [0, 0.1) is 17.8 Å². The van der Waals surface area contributed by atoms with Crippen LogP contribution < -0.4 is 0 Å². The minimum atomic E-state index is 0.383. The fourth-order valence-electron chi connectivity index (χ4n) is 1.89. The van der Waals surface area contributed by atoms with Crippen molar-refractivity contribution in [1.29, 1.82) is 0 Å². The van der Waals surface area contributed by atoms with E-state index in [1.54, 1.807) is 0 Å². The quantitative estimate of drug-likeness (QED) is 0.543. The Bertz CT molecular complexity index is 162. The maximum absolute atomic E-state index is 11.0. The summed E-state index contributed by atoms with van der Waals surface area (Å²) in [5, 5.41) is 0. The first-order valence-electron chi connectivity index (χ1n) is 5.21. The zero-order valence-electron chi connectivity index (χ0n) is 8.47. The van der Waals surface area contributed by atoms with Gasteiger partial charge in [0, 0.05) is 12.3 Å². The van der Waals surface area contributed by atoms with Crippen LogP contribution in [0.15, 0.2) is 0 Å². The summed E-state index contributed by atoms with van der Waals surface area (Å²) in [4.78, 5) is 11.0. The second-order valence-electron chi connectivity index (χ2n) is 4.27. The molecular weight excluding hydrogens is 148 g/mol. The van der Waals surface area contributed by atoms with Crippen LogP contribution in [0.2, 0.25) is 0 Å². The van der Waals surface area contributed by atoms with Crippen molar-refractivity contribution in [3.8, 4) is 0 Å². The van der Waals surface area contributed by atoms with Gasteiger partial charge in [-0.15, -0.1) is 0 Å². The zero-order valence-corrected chi connectivity index (χ0v) is 8.47. The van der Waals surface area contributed by atoms with E-state index < -0.39 is 0 Å². The standard InChI is InChI=1S/C8H12O.C3H8/c1-5-2-6-3-7(6)4-8(5)9;1-3-2/h5-7H,2-4H2,1H3;3H2,1-2H3/t5-,6+,7+;/m1./s1. The van der Waals surface area contributed by atoms with E-state index in [0.717, 1.165) is 18.3 Å². The Morgan fingerprint density at radius 1 is 1.25 bits per heavy atom. The van der Waals surface area contributed by atoms with Gasteiger partial charge in [0.25, 0.3) is 0 Å². The second-order valence-corrected chi connectivity index (χ2v) is 4.27. The van der Waals surface area contributed by atoms with Gasteiger partial charge in [-0.25, -0.2) is 0 Å². The third kappa shape index (κ3) is 2.33. The van der Waals surface area contributed by atoms with Crippen molar-refractivity contribution in [1.82, 2.24) is 0 Å². The summed E-state index contributed by atoms with van der Waals surface area (Å²) in [7, 11) is 0. The average molecular weight is 168 g/mol. The number of Topliss-reactive ketones (excluding diaryl/α,β-unsaturated/α-hetero) is 1. The molecule has 0 saturated heterocycles. The Labute approximate surface area is 75.5 Å². The molecule has 0 bridgehead atoms. The van der Waals surface area contributed by atoms with Crippen molar-refractivity contribution in [2.24, 2.45) is 17.8 Å². The number of rotatable bonds is 0. The monoisotopic (exact) mass is 168 g/mol. The molecule has 2 saturated carbocycles. The summed E-state index contributed by atoms with van der Waals surface area (Å²) in [6.45, 7) is 6.32. The van der Waals surface area contributed by atoms with E-state index in [2.05, 4.69) is 20.8 Å². The van der Waals surface area contributed by atoms with Gasteiger partial charge >= 0.3 is 0 Å². The molecule has 0 unspecified atom stereocenters. The molecule has 0 spiro atoms. The number of carbonyl (C=O) groups is 1. The fourth-order valence-corrected chi connectivity index (χ4v) is 1.89. The fraction of sp³-hybridized carbons (Fsp3) is 0.909. The highest BCUT2D eigenvalue weighted by Crippen LogP contribution is 2.49. The molecule has 0 N–H and O–H groups in total. The molecule has 1 nitrogen and oxygen atoms in total. The molecule has 2 rings (SSSR count). The summed E-state index contributed by atoms with van der Waals surface area (Å²) < 4.78 is 0. The highest BCUT2D eigenvalue weighted by Gasteiger charge is 2.44. The van der Waals surface area contributed by atoms with Gasteiger partial charge < -0.3 is 0 Å². The molecule has 2 aliphatic rings. The highest BCUT2D eigenvalue weighted by molar-refractivity contribution is 5.82. The van der Waals surface area contributed by atoms with Crippen molar-refractivity contribution in [2.45, 2.75) is 46.5 Å². The topological polar surface area (TPSA) is 17.1 Å². The summed E-state index contributed by atoms with van der Waals surface area (Å²) in [5.74, 6) is 2.65. The number of hydrogen-bond donors (Lipinski definition) is 0. The van der Waals surface area contributed by atoms with E-state index >= 15 is 0 Å². The highest BCUT2D eigenvalue weighted by atomic mass is 16.1. The van der Waals surface area contributed by atoms with Gasteiger partial charge in [-0.2, -0.15) is 0 Å². The van der Waals surface area contributed by atoms with Crippen molar-refractivity contribution >= 4 is 5.78 Å². The molecule has 0 amide bonds. The molecule has 2 fully saturated rings. The second kappa shape index (κ2) is 4.06. The number of carbonyl (C=O) groups excluding carboxylic acids is 1. The minimum Gasteiger partial charge on any atom is -0.299 e. The van der Waals surface area contributed by atoms with Crippen LogP contribution in [0.4, 0.5) is 0 Å². The SMILES string of the molecule is CCC.C[C@@H]1C[C@H]2C[C@H]2CC1=O. The Hall–Kier alpha value is -0.330. The Morgan fingerprint density at radius 3 is 2.33 bits per heavy atom. The first kappa shape index (κ1) is 9.76. The molecule has 1 heteroatoms. The smallest absolute Gasteiger partial charge is 0.135 e. The Morgan fingerprint density at radius 2 is 1.83 bits per heavy atom. The lowest BCUT2D eigenvalue weighted by molar-refractivity contribution is -0.124. The molecule has 2 aliphatic carbocycles. The van der Waals surface area contributed by atoms with Crippen LogP contribution in [0.25, 0.3) is 0 Å². The molecule has 0 aromatic carbocycles. The first-order chi connectivity index (χ1) is 5.69.